The average molecular weight is 300 g/mol. The first-order chi connectivity index (χ1) is 11.2. The molecule has 0 amide bonds. The van der Waals surface area contributed by atoms with Crippen LogP contribution in [0.15, 0.2) is 67.1 Å². The summed E-state index contributed by atoms with van der Waals surface area (Å²) < 4.78 is 2.09. The van der Waals surface area contributed by atoms with E-state index in [1.165, 1.54) is 0 Å². The van der Waals surface area contributed by atoms with E-state index in [9.17, 15) is 0 Å². The van der Waals surface area contributed by atoms with Crippen molar-refractivity contribution in [1.29, 1.82) is 0 Å². The van der Waals surface area contributed by atoms with Gasteiger partial charge in [-0.25, -0.2) is 4.98 Å². The summed E-state index contributed by atoms with van der Waals surface area (Å²) >= 11 is 0. The molecule has 0 radical (unpaired) electrons. The van der Waals surface area contributed by atoms with Crippen molar-refractivity contribution in [3.8, 4) is 22.5 Å². The van der Waals surface area contributed by atoms with Crippen molar-refractivity contribution >= 4 is 11.3 Å². The van der Waals surface area contributed by atoms with Gasteiger partial charge < -0.3 is 5.73 Å². The van der Waals surface area contributed by atoms with Crippen molar-refractivity contribution in [2.45, 2.75) is 6.92 Å². The van der Waals surface area contributed by atoms with E-state index < -0.39 is 0 Å². The van der Waals surface area contributed by atoms with Crippen LogP contribution in [0.25, 0.3) is 28.2 Å². The predicted octanol–water partition coefficient (Wildman–Crippen LogP) is 3.95. The van der Waals surface area contributed by atoms with Gasteiger partial charge in [0.15, 0.2) is 0 Å². The monoisotopic (exact) mass is 300 g/mol. The van der Waals surface area contributed by atoms with Gasteiger partial charge in [0.2, 0.25) is 0 Å². The van der Waals surface area contributed by atoms with Crippen LogP contribution in [0.5, 0.6) is 0 Å². The van der Waals surface area contributed by atoms with E-state index in [1.807, 2.05) is 55.6 Å². The first-order valence-electron chi connectivity index (χ1n) is 7.48. The number of aromatic nitrogens is 3. The molecule has 0 unspecified atom stereocenters. The minimum absolute atomic E-state index is 0.740. The molecule has 0 spiro atoms. The van der Waals surface area contributed by atoms with Crippen LogP contribution in [0.1, 0.15) is 5.56 Å². The maximum atomic E-state index is 6.26. The van der Waals surface area contributed by atoms with Gasteiger partial charge in [-0.15, -0.1) is 0 Å². The number of rotatable bonds is 2. The molecule has 0 atom stereocenters. The second-order valence-corrected chi connectivity index (χ2v) is 5.56. The summed E-state index contributed by atoms with van der Waals surface area (Å²) in [5.41, 5.74) is 13.0. The van der Waals surface area contributed by atoms with Crippen molar-refractivity contribution < 1.29 is 0 Å². The molecule has 0 saturated heterocycles. The third kappa shape index (κ3) is 2.25. The molecule has 1 aromatic carbocycles. The zero-order valence-corrected chi connectivity index (χ0v) is 12.8. The molecule has 23 heavy (non-hydrogen) atoms. The molecule has 0 fully saturated rings. The molecule has 4 rings (SSSR count). The molecule has 4 heteroatoms. The zero-order valence-electron chi connectivity index (χ0n) is 12.8. The SMILES string of the molecule is Cc1ccc(-c2nc3ccccn3c2-c2ccncc2)c(N)c1. The molecule has 4 nitrogen and oxygen atoms in total. The van der Waals surface area contributed by atoms with Crippen molar-refractivity contribution in [3.05, 3.63) is 72.7 Å². The van der Waals surface area contributed by atoms with Crippen LogP contribution in [0, 0.1) is 6.92 Å². The largest absolute Gasteiger partial charge is 0.398 e. The summed E-state index contributed by atoms with van der Waals surface area (Å²) in [7, 11) is 0. The average Bonchev–Trinajstić information content (AvgIpc) is 2.94. The minimum atomic E-state index is 0.740. The lowest BCUT2D eigenvalue weighted by Gasteiger charge is -2.08. The predicted molar refractivity (Wildman–Crippen MR) is 93.0 cm³/mol. The molecule has 3 aromatic heterocycles. The molecular formula is C19H16N4. The van der Waals surface area contributed by atoms with Gasteiger partial charge in [-0.1, -0.05) is 18.2 Å². The standard InChI is InChI=1S/C19H16N4/c1-13-5-6-15(16(20)12-13)18-19(14-7-9-21-10-8-14)23-11-3-2-4-17(23)22-18/h2-12H,20H2,1H3. The summed E-state index contributed by atoms with van der Waals surface area (Å²) in [5, 5.41) is 0. The molecule has 2 N–H and O–H groups in total. The zero-order chi connectivity index (χ0) is 15.8. The number of benzene rings is 1. The number of nitrogens with two attached hydrogens (primary N) is 1. The Hall–Kier alpha value is -3.14. The summed E-state index contributed by atoms with van der Waals surface area (Å²) in [6.45, 7) is 2.04. The van der Waals surface area contributed by atoms with Gasteiger partial charge in [-0.3, -0.25) is 9.38 Å². The molecule has 4 aromatic rings. The van der Waals surface area contributed by atoms with E-state index in [0.717, 1.165) is 39.4 Å². The van der Waals surface area contributed by atoms with E-state index >= 15 is 0 Å². The number of nitrogens with zero attached hydrogens (tertiary/aromatic N) is 3. The lowest BCUT2D eigenvalue weighted by molar-refractivity contribution is 1.19. The van der Waals surface area contributed by atoms with Crippen molar-refractivity contribution in [1.82, 2.24) is 14.4 Å². The summed E-state index contributed by atoms with van der Waals surface area (Å²) in [6, 6.07) is 16.1. The number of pyridine rings is 2. The summed E-state index contributed by atoms with van der Waals surface area (Å²) in [5.74, 6) is 0. The van der Waals surface area contributed by atoms with E-state index in [2.05, 4.69) is 15.5 Å². The van der Waals surface area contributed by atoms with Gasteiger partial charge >= 0.3 is 0 Å². The number of hydrogen-bond donors (Lipinski definition) is 1. The van der Waals surface area contributed by atoms with E-state index in [1.54, 1.807) is 12.4 Å². The van der Waals surface area contributed by atoms with Crippen LogP contribution in [0.3, 0.4) is 0 Å². The van der Waals surface area contributed by atoms with E-state index in [0.29, 0.717) is 0 Å². The first kappa shape index (κ1) is 13.5. The molecule has 3 heterocycles. The van der Waals surface area contributed by atoms with Crippen molar-refractivity contribution in [2.24, 2.45) is 0 Å². The van der Waals surface area contributed by atoms with Crippen LogP contribution in [0.2, 0.25) is 0 Å². The quantitative estimate of drug-likeness (QED) is 0.570. The van der Waals surface area contributed by atoms with Crippen LogP contribution in [-0.2, 0) is 0 Å². The van der Waals surface area contributed by atoms with Gasteiger partial charge in [0, 0.05) is 35.4 Å². The Morgan fingerprint density at radius 2 is 1.83 bits per heavy atom. The topological polar surface area (TPSA) is 56.2 Å². The molecule has 0 aliphatic carbocycles. The third-order valence-electron chi connectivity index (χ3n) is 3.95. The molecule has 0 aliphatic rings. The lowest BCUT2D eigenvalue weighted by Crippen LogP contribution is -1.94. The Kier molecular flexibility index (Phi) is 3.08. The second kappa shape index (κ2) is 5.25. The fourth-order valence-electron chi connectivity index (χ4n) is 2.87. The highest BCUT2D eigenvalue weighted by molar-refractivity contribution is 5.87. The Morgan fingerprint density at radius 3 is 2.61 bits per heavy atom. The highest BCUT2D eigenvalue weighted by Crippen LogP contribution is 2.35. The Morgan fingerprint density at radius 1 is 1.00 bits per heavy atom. The highest BCUT2D eigenvalue weighted by Gasteiger charge is 2.17. The minimum Gasteiger partial charge on any atom is -0.398 e. The van der Waals surface area contributed by atoms with Crippen molar-refractivity contribution in [3.63, 3.8) is 0 Å². The fraction of sp³-hybridized carbons (Fsp3) is 0.0526. The third-order valence-corrected chi connectivity index (χ3v) is 3.95. The maximum absolute atomic E-state index is 6.26. The van der Waals surface area contributed by atoms with Gasteiger partial charge in [0.25, 0.3) is 0 Å². The highest BCUT2D eigenvalue weighted by atomic mass is 15.0. The van der Waals surface area contributed by atoms with Crippen LogP contribution >= 0.6 is 0 Å². The number of imidazole rings is 1. The molecular weight excluding hydrogens is 284 g/mol. The van der Waals surface area contributed by atoms with Gasteiger partial charge in [-0.05, 0) is 42.8 Å². The summed E-state index contributed by atoms with van der Waals surface area (Å²) in [6.07, 6.45) is 5.60. The maximum Gasteiger partial charge on any atom is 0.137 e. The smallest absolute Gasteiger partial charge is 0.137 e. The van der Waals surface area contributed by atoms with Crippen LogP contribution in [0.4, 0.5) is 5.69 Å². The number of fused-ring (bicyclic) bond motifs is 1. The van der Waals surface area contributed by atoms with Crippen molar-refractivity contribution in [2.75, 3.05) is 5.73 Å². The van der Waals surface area contributed by atoms with Crippen LogP contribution < -0.4 is 5.73 Å². The molecule has 0 aliphatic heterocycles. The second-order valence-electron chi connectivity index (χ2n) is 5.56. The Labute approximate surface area is 134 Å². The fourth-order valence-corrected chi connectivity index (χ4v) is 2.87. The van der Waals surface area contributed by atoms with Gasteiger partial charge in [0.1, 0.15) is 5.65 Å². The number of hydrogen-bond acceptors (Lipinski definition) is 3. The number of anilines is 1. The van der Waals surface area contributed by atoms with Gasteiger partial charge in [-0.2, -0.15) is 0 Å². The lowest BCUT2D eigenvalue weighted by atomic mass is 10.0. The summed E-state index contributed by atoms with van der Waals surface area (Å²) in [4.78, 5) is 8.92. The Balaban J connectivity index is 2.07. The number of aryl methyl sites for hydroxylation is 1. The molecule has 112 valence electrons. The molecule has 0 saturated carbocycles. The normalized spacial score (nSPS) is 11.0. The molecule has 0 bridgehead atoms. The van der Waals surface area contributed by atoms with Crippen LogP contribution in [-0.4, -0.2) is 14.4 Å². The van der Waals surface area contributed by atoms with Gasteiger partial charge in [0.05, 0.1) is 11.4 Å². The van der Waals surface area contributed by atoms with E-state index in [-0.39, 0.29) is 0 Å². The van der Waals surface area contributed by atoms with E-state index in [4.69, 9.17) is 10.7 Å². The number of nitrogen functional groups attached to an aromatic ring is 1. The Bertz CT molecular complexity index is 987. The first-order valence-corrected chi connectivity index (χ1v) is 7.48.